The zero-order valence-electron chi connectivity index (χ0n) is 8.62. The van der Waals surface area contributed by atoms with E-state index in [0.717, 1.165) is 15.6 Å². The number of nitrogens with zero attached hydrogens (tertiary/aromatic N) is 2. The van der Waals surface area contributed by atoms with Gasteiger partial charge < -0.3 is 0 Å². The van der Waals surface area contributed by atoms with Crippen LogP contribution >= 0.6 is 22.9 Å². The molecule has 2 rings (SSSR count). The van der Waals surface area contributed by atoms with Crippen LogP contribution in [0.1, 0.15) is 16.1 Å². The van der Waals surface area contributed by atoms with E-state index in [1.54, 1.807) is 11.3 Å². The van der Waals surface area contributed by atoms with Crippen LogP contribution in [0.4, 0.5) is 0 Å². The van der Waals surface area contributed by atoms with Gasteiger partial charge in [0.2, 0.25) is 0 Å². The van der Waals surface area contributed by atoms with E-state index in [0.29, 0.717) is 5.88 Å². The quantitative estimate of drug-likeness (QED) is 0.748. The van der Waals surface area contributed by atoms with Crippen molar-refractivity contribution in [2.45, 2.75) is 19.7 Å². The van der Waals surface area contributed by atoms with Gasteiger partial charge in [0.1, 0.15) is 10.0 Å². The van der Waals surface area contributed by atoms with Gasteiger partial charge in [-0.2, -0.15) is 0 Å². The summed E-state index contributed by atoms with van der Waals surface area (Å²) in [5.41, 5.74) is 3.61. The minimum absolute atomic E-state index is 0.433. The Hall–Kier alpha value is -0.930. The molecule has 0 saturated carbocycles. The summed E-state index contributed by atoms with van der Waals surface area (Å²) in [6, 6.07) is 6.38. The summed E-state index contributed by atoms with van der Waals surface area (Å²) in [7, 11) is 0. The van der Waals surface area contributed by atoms with Gasteiger partial charge in [0, 0.05) is 5.56 Å². The van der Waals surface area contributed by atoms with E-state index in [2.05, 4.69) is 42.2 Å². The van der Waals surface area contributed by atoms with E-state index in [4.69, 9.17) is 11.6 Å². The van der Waals surface area contributed by atoms with Crippen LogP contribution in [-0.4, -0.2) is 10.2 Å². The summed E-state index contributed by atoms with van der Waals surface area (Å²) >= 11 is 7.25. The molecule has 0 unspecified atom stereocenters. The van der Waals surface area contributed by atoms with E-state index >= 15 is 0 Å². The van der Waals surface area contributed by atoms with E-state index in [9.17, 15) is 0 Å². The molecule has 15 heavy (non-hydrogen) atoms. The summed E-state index contributed by atoms with van der Waals surface area (Å²) in [5, 5.41) is 9.94. The number of hydrogen-bond acceptors (Lipinski definition) is 3. The lowest BCUT2D eigenvalue weighted by Crippen LogP contribution is -1.82. The lowest BCUT2D eigenvalue weighted by Gasteiger charge is -2.00. The summed E-state index contributed by atoms with van der Waals surface area (Å²) in [6.07, 6.45) is 0. The Bertz CT molecular complexity index is 459. The molecule has 0 saturated heterocycles. The van der Waals surface area contributed by atoms with Crippen molar-refractivity contribution in [1.82, 2.24) is 10.2 Å². The van der Waals surface area contributed by atoms with Gasteiger partial charge in [0.25, 0.3) is 0 Å². The average Bonchev–Trinajstić information content (AvgIpc) is 2.64. The smallest absolute Gasteiger partial charge is 0.142 e. The highest BCUT2D eigenvalue weighted by molar-refractivity contribution is 7.14. The predicted octanol–water partition coefficient (Wildman–Crippen LogP) is 3.56. The van der Waals surface area contributed by atoms with Crippen LogP contribution in [-0.2, 0) is 5.88 Å². The number of halogens is 1. The number of aromatic nitrogens is 2. The first-order chi connectivity index (χ1) is 7.19. The monoisotopic (exact) mass is 238 g/mol. The van der Waals surface area contributed by atoms with Gasteiger partial charge in [-0.15, -0.1) is 21.8 Å². The van der Waals surface area contributed by atoms with Crippen molar-refractivity contribution < 1.29 is 0 Å². The molecule has 0 fully saturated rings. The molecule has 0 amide bonds. The molecule has 0 aliphatic carbocycles. The minimum Gasteiger partial charge on any atom is -0.142 e. The Morgan fingerprint density at radius 2 is 1.80 bits per heavy atom. The zero-order valence-corrected chi connectivity index (χ0v) is 10.2. The van der Waals surface area contributed by atoms with Crippen LogP contribution in [0.3, 0.4) is 0 Å². The lowest BCUT2D eigenvalue weighted by molar-refractivity contribution is 1.04. The van der Waals surface area contributed by atoms with Crippen LogP contribution in [0, 0.1) is 13.8 Å². The van der Waals surface area contributed by atoms with Gasteiger partial charge in [-0.3, -0.25) is 0 Å². The van der Waals surface area contributed by atoms with Crippen molar-refractivity contribution in [3.63, 3.8) is 0 Å². The molecule has 0 N–H and O–H groups in total. The first-order valence-electron chi connectivity index (χ1n) is 4.66. The highest BCUT2D eigenvalue weighted by atomic mass is 35.5. The fourth-order valence-corrected chi connectivity index (χ4v) is 2.42. The maximum absolute atomic E-state index is 5.70. The van der Waals surface area contributed by atoms with Gasteiger partial charge in [-0.25, -0.2) is 0 Å². The maximum Gasteiger partial charge on any atom is 0.147 e. The molecular formula is C11H11ClN2S. The Kier molecular flexibility index (Phi) is 3.03. The van der Waals surface area contributed by atoms with Crippen molar-refractivity contribution in [1.29, 1.82) is 0 Å². The van der Waals surface area contributed by atoms with Crippen molar-refractivity contribution in [2.75, 3.05) is 0 Å². The van der Waals surface area contributed by atoms with Gasteiger partial charge in [-0.1, -0.05) is 28.5 Å². The highest BCUT2D eigenvalue weighted by Crippen LogP contribution is 2.25. The Morgan fingerprint density at radius 3 is 2.33 bits per heavy atom. The SMILES string of the molecule is Cc1cc(C)cc(-c2nnc(CCl)s2)c1. The summed E-state index contributed by atoms with van der Waals surface area (Å²) in [5.74, 6) is 0.433. The van der Waals surface area contributed by atoms with Gasteiger partial charge in [0.15, 0.2) is 0 Å². The molecule has 1 heterocycles. The molecule has 4 heteroatoms. The van der Waals surface area contributed by atoms with Crippen LogP contribution in [0.25, 0.3) is 10.6 Å². The van der Waals surface area contributed by atoms with Crippen LogP contribution in [0.5, 0.6) is 0 Å². The second-order valence-corrected chi connectivity index (χ2v) is 4.84. The summed E-state index contributed by atoms with van der Waals surface area (Å²) in [4.78, 5) is 0. The molecule has 2 aromatic rings. The first kappa shape index (κ1) is 10.6. The fourth-order valence-electron chi connectivity index (χ4n) is 1.52. The van der Waals surface area contributed by atoms with E-state index in [-0.39, 0.29) is 0 Å². The summed E-state index contributed by atoms with van der Waals surface area (Å²) in [6.45, 7) is 4.17. The molecule has 1 aromatic heterocycles. The largest absolute Gasteiger partial charge is 0.147 e. The fraction of sp³-hybridized carbons (Fsp3) is 0.273. The summed E-state index contributed by atoms with van der Waals surface area (Å²) < 4.78 is 0. The second kappa shape index (κ2) is 4.29. The third kappa shape index (κ3) is 2.36. The standard InChI is InChI=1S/C11H11ClN2S/c1-7-3-8(2)5-9(4-7)11-14-13-10(6-12)15-11/h3-5H,6H2,1-2H3. The van der Waals surface area contributed by atoms with E-state index < -0.39 is 0 Å². The third-order valence-corrected chi connectivity index (χ3v) is 3.43. The first-order valence-corrected chi connectivity index (χ1v) is 6.01. The van der Waals surface area contributed by atoms with Gasteiger partial charge in [0.05, 0.1) is 5.88 Å². The number of aryl methyl sites for hydroxylation is 2. The molecular weight excluding hydrogens is 228 g/mol. The van der Waals surface area contributed by atoms with Crippen LogP contribution in [0.2, 0.25) is 0 Å². The highest BCUT2D eigenvalue weighted by Gasteiger charge is 2.06. The zero-order chi connectivity index (χ0) is 10.8. The molecule has 1 aromatic carbocycles. The molecule has 0 aliphatic rings. The number of alkyl halides is 1. The normalized spacial score (nSPS) is 10.6. The number of rotatable bonds is 2. The Morgan fingerprint density at radius 1 is 1.13 bits per heavy atom. The minimum atomic E-state index is 0.433. The lowest BCUT2D eigenvalue weighted by atomic mass is 10.1. The average molecular weight is 239 g/mol. The predicted molar refractivity (Wildman–Crippen MR) is 64.4 cm³/mol. The van der Waals surface area contributed by atoms with Crippen molar-refractivity contribution in [2.24, 2.45) is 0 Å². The second-order valence-electron chi connectivity index (χ2n) is 3.51. The molecule has 0 spiro atoms. The molecule has 2 nitrogen and oxygen atoms in total. The Labute approximate surface area is 97.9 Å². The van der Waals surface area contributed by atoms with Crippen LogP contribution < -0.4 is 0 Å². The molecule has 78 valence electrons. The number of hydrogen-bond donors (Lipinski definition) is 0. The molecule has 0 radical (unpaired) electrons. The molecule has 0 atom stereocenters. The van der Waals surface area contributed by atoms with Gasteiger partial charge >= 0.3 is 0 Å². The van der Waals surface area contributed by atoms with Crippen molar-refractivity contribution in [3.8, 4) is 10.6 Å². The van der Waals surface area contributed by atoms with Gasteiger partial charge in [-0.05, 0) is 26.0 Å². The maximum atomic E-state index is 5.70. The van der Waals surface area contributed by atoms with Crippen molar-refractivity contribution >= 4 is 22.9 Å². The van der Waals surface area contributed by atoms with Crippen LogP contribution in [0.15, 0.2) is 18.2 Å². The third-order valence-electron chi connectivity index (χ3n) is 2.05. The Balaban J connectivity index is 2.44. The van der Waals surface area contributed by atoms with Crippen molar-refractivity contribution in [3.05, 3.63) is 34.3 Å². The van der Waals surface area contributed by atoms with E-state index in [1.807, 2.05) is 0 Å². The van der Waals surface area contributed by atoms with E-state index in [1.165, 1.54) is 11.1 Å². The number of benzene rings is 1. The molecule has 0 aliphatic heterocycles. The topological polar surface area (TPSA) is 25.8 Å². The molecule has 0 bridgehead atoms.